The quantitative estimate of drug-likeness (QED) is 0.769. The minimum absolute atomic E-state index is 0.413. The monoisotopic (exact) mass is 346 g/mol. The van der Waals surface area contributed by atoms with E-state index in [4.69, 9.17) is 9.72 Å². The fourth-order valence-electron chi connectivity index (χ4n) is 3.27. The fraction of sp³-hybridized carbons (Fsp3) is 0.286. The summed E-state index contributed by atoms with van der Waals surface area (Å²) in [5.74, 6) is 3.00. The Morgan fingerprint density at radius 3 is 2.85 bits per heavy atom. The van der Waals surface area contributed by atoms with Crippen LogP contribution in [0.3, 0.4) is 0 Å². The molecule has 5 heteroatoms. The van der Waals surface area contributed by atoms with Crippen LogP contribution in [0.5, 0.6) is 5.75 Å². The van der Waals surface area contributed by atoms with Gasteiger partial charge in [0.05, 0.1) is 6.61 Å². The summed E-state index contributed by atoms with van der Waals surface area (Å²) in [6.07, 6.45) is 4.55. The molecule has 5 nitrogen and oxygen atoms in total. The van der Waals surface area contributed by atoms with Gasteiger partial charge in [0, 0.05) is 41.7 Å². The Morgan fingerprint density at radius 2 is 2.00 bits per heavy atom. The zero-order chi connectivity index (χ0) is 17.9. The Labute approximate surface area is 153 Å². The molecule has 2 aromatic heterocycles. The van der Waals surface area contributed by atoms with Crippen molar-refractivity contribution in [2.45, 2.75) is 26.2 Å². The van der Waals surface area contributed by atoms with Gasteiger partial charge in [-0.2, -0.15) is 0 Å². The first kappa shape index (κ1) is 16.5. The molecule has 1 atom stereocenters. The van der Waals surface area contributed by atoms with E-state index in [0.29, 0.717) is 11.7 Å². The lowest BCUT2D eigenvalue weighted by Gasteiger charge is -2.26. The van der Waals surface area contributed by atoms with Gasteiger partial charge in [0.15, 0.2) is 5.82 Å². The highest BCUT2D eigenvalue weighted by Gasteiger charge is 2.21. The van der Waals surface area contributed by atoms with Gasteiger partial charge in [-0.25, -0.2) is 9.97 Å². The van der Waals surface area contributed by atoms with Crippen LogP contribution >= 0.6 is 0 Å². The smallest absolute Gasteiger partial charge is 0.163 e. The van der Waals surface area contributed by atoms with Gasteiger partial charge in [-0.15, -0.1) is 0 Å². The average Bonchev–Trinajstić information content (AvgIpc) is 2.69. The lowest BCUT2D eigenvalue weighted by Crippen LogP contribution is -2.21. The van der Waals surface area contributed by atoms with E-state index in [-0.39, 0.29) is 0 Å². The minimum atomic E-state index is 0.413. The summed E-state index contributed by atoms with van der Waals surface area (Å²) in [6.45, 7) is 5.66. The molecule has 0 aliphatic carbocycles. The molecule has 3 aromatic rings. The highest BCUT2D eigenvalue weighted by Crippen LogP contribution is 2.33. The first-order valence-electron chi connectivity index (χ1n) is 8.93. The topological polar surface area (TPSA) is 59.9 Å². The van der Waals surface area contributed by atoms with Gasteiger partial charge in [0.1, 0.15) is 11.6 Å². The Morgan fingerprint density at radius 1 is 1.12 bits per heavy atom. The summed E-state index contributed by atoms with van der Waals surface area (Å²) in [5.41, 5.74) is 4.25. The largest absolute Gasteiger partial charge is 0.493 e. The number of aryl methyl sites for hydroxylation is 1. The third-order valence-corrected chi connectivity index (χ3v) is 4.91. The summed E-state index contributed by atoms with van der Waals surface area (Å²) in [5, 5.41) is 3.55. The van der Waals surface area contributed by atoms with Crippen LogP contribution in [0, 0.1) is 13.8 Å². The van der Waals surface area contributed by atoms with Crippen molar-refractivity contribution in [2.24, 2.45) is 0 Å². The third kappa shape index (κ3) is 3.25. The Kier molecular flexibility index (Phi) is 4.52. The van der Waals surface area contributed by atoms with Crippen LogP contribution in [0.15, 0.2) is 48.8 Å². The van der Waals surface area contributed by atoms with Gasteiger partial charge in [-0.05, 0) is 44.0 Å². The van der Waals surface area contributed by atoms with E-state index in [1.807, 2.05) is 31.2 Å². The van der Waals surface area contributed by atoms with Gasteiger partial charge in [0.25, 0.3) is 0 Å². The number of ether oxygens (including phenoxy) is 1. The van der Waals surface area contributed by atoms with Crippen molar-refractivity contribution in [3.8, 4) is 17.1 Å². The Bertz CT molecular complexity index is 911. The number of hydrogen-bond acceptors (Lipinski definition) is 5. The van der Waals surface area contributed by atoms with E-state index in [9.17, 15) is 0 Å². The molecule has 0 fully saturated rings. The van der Waals surface area contributed by atoms with Crippen molar-refractivity contribution in [2.75, 3.05) is 18.5 Å². The number of hydrogen-bond donors (Lipinski definition) is 1. The molecule has 1 unspecified atom stereocenters. The SMILES string of the molecule is Cc1nc(-c2cccnc2)nc(NCC2CCOc3ccccc32)c1C. The number of nitrogens with one attached hydrogen (secondary N) is 1. The summed E-state index contributed by atoms with van der Waals surface area (Å²) in [6, 6.07) is 12.2. The predicted molar refractivity (Wildman–Crippen MR) is 103 cm³/mol. The number of anilines is 1. The number of nitrogens with zero attached hydrogens (tertiary/aromatic N) is 3. The number of pyridine rings is 1. The maximum atomic E-state index is 5.77. The molecule has 0 radical (unpaired) electrons. The minimum Gasteiger partial charge on any atom is -0.493 e. The van der Waals surface area contributed by atoms with Gasteiger partial charge in [0.2, 0.25) is 0 Å². The molecule has 0 saturated carbocycles. The van der Waals surface area contributed by atoms with E-state index < -0.39 is 0 Å². The van der Waals surface area contributed by atoms with E-state index >= 15 is 0 Å². The van der Waals surface area contributed by atoms with E-state index in [2.05, 4.69) is 34.3 Å². The number of fused-ring (bicyclic) bond motifs is 1. The maximum Gasteiger partial charge on any atom is 0.163 e. The fourth-order valence-corrected chi connectivity index (χ4v) is 3.27. The van der Waals surface area contributed by atoms with Gasteiger partial charge in [-0.1, -0.05) is 18.2 Å². The van der Waals surface area contributed by atoms with Crippen LogP contribution in [-0.4, -0.2) is 28.1 Å². The second kappa shape index (κ2) is 7.12. The highest BCUT2D eigenvalue weighted by atomic mass is 16.5. The molecule has 3 heterocycles. The molecular formula is C21H22N4O. The van der Waals surface area contributed by atoms with Crippen molar-refractivity contribution >= 4 is 5.82 Å². The predicted octanol–water partition coefficient (Wildman–Crippen LogP) is 4.13. The van der Waals surface area contributed by atoms with Crippen LogP contribution < -0.4 is 10.1 Å². The summed E-state index contributed by atoms with van der Waals surface area (Å²) in [7, 11) is 0. The molecule has 0 bridgehead atoms. The molecule has 1 aromatic carbocycles. The first-order chi connectivity index (χ1) is 12.7. The average molecular weight is 346 g/mol. The molecule has 1 aliphatic heterocycles. The molecule has 0 saturated heterocycles. The number of rotatable bonds is 4. The summed E-state index contributed by atoms with van der Waals surface area (Å²) < 4.78 is 5.77. The van der Waals surface area contributed by atoms with Crippen molar-refractivity contribution in [3.63, 3.8) is 0 Å². The van der Waals surface area contributed by atoms with E-state index in [1.54, 1.807) is 12.4 Å². The number of benzene rings is 1. The van der Waals surface area contributed by atoms with Crippen molar-refractivity contribution in [1.82, 2.24) is 15.0 Å². The van der Waals surface area contributed by atoms with E-state index in [1.165, 1.54) is 5.56 Å². The highest BCUT2D eigenvalue weighted by molar-refractivity contribution is 5.58. The molecule has 0 amide bonds. The normalized spacial score (nSPS) is 15.8. The zero-order valence-electron chi connectivity index (χ0n) is 15.1. The van der Waals surface area contributed by atoms with Crippen LogP contribution in [0.2, 0.25) is 0 Å². The zero-order valence-corrected chi connectivity index (χ0v) is 15.1. The van der Waals surface area contributed by atoms with E-state index in [0.717, 1.165) is 48.0 Å². The second-order valence-electron chi connectivity index (χ2n) is 6.60. The Balaban J connectivity index is 1.58. The lowest BCUT2D eigenvalue weighted by molar-refractivity contribution is 0.270. The second-order valence-corrected chi connectivity index (χ2v) is 6.60. The van der Waals surface area contributed by atoms with Gasteiger partial charge < -0.3 is 10.1 Å². The van der Waals surface area contributed by atoms with Crippen LogP contribution in [0.25, 0.3) is 11.4 Å². The molecule has 1 N–H and O–H groups in total. The molecule has 132 valence electrons. The van der Waals surface area contributed by atoms with Crippen molar-refractivity contribution in [1.29, 1.82) is 0 Å². The Hall–Kier alpha value is -2.95. The van der Waals surface area contributed by atoms with Crippen LogP contribution in [0.4, 0.5) is 5.82 Å². The van der Waals surface area contributed by atoms with Gasteiger partial charge in [-0.3, -0.25) is 4.98 Å². The molecule has 0 spiro atoms. The first-order valence-corrected chi connectivity index (χ1v) is 8.93. The van der Waals surface area contributed by atoms with Crippen molar-refractivity contribution < 1.29 is 4.74 Å². The summed E-state index contributed by atoms with van der Waals surface area (Å²) in [4.78, 5) is 13.5. The van der Waals surface area contributed by atoms with Crippen LogP contribution in [-0.2, 0) is 0 Å². The van der Waals surface area contributed by atoms with Crippen LogP contribution in [0.1, 0.15) is 29.2 Å². The molecule has 1 aliphatic rings. The lowest BCUT2D eigenvalue weighted by atomic mass is 9.93. The molecular weight excluding hydrogens is 324 g/mol. The summed E-state index contributed by atoms with van der Waals surface area (Å²) >= 11 is 0. The maximum absolute atomic E-state index is 5.77. The number of para-hydroxylation sites is 1. The van der Waals surface area contributed by atoms with Crippen molar-refractivity contribution in [3.05, 3.63) is 65.6 Å². The standard InChI is InChI=1S/C21H22N4O/c1-14-15(2)24-21(17-6-5-10-22-12-17)25-20(14)23-13-16-9-11-26-19-8-4-3-7-18(16)19/h3-8,10,12,16H,9,11,13H2,1-2H3,(H,23,24,25). The van der Waals surface area contributed by atoms with Gasteiger partial charge >= 0.3 is 0 Å². The number of aromatic nitrogens is 3. The molecule has 4 rings (SSSR count). The third-order valence-electron chi connectivity index (χ3n) is 4.91. The molecule has 26 heavy (non-hydrogen) atoms.